The third-order valence-electron chi connectivity index (χ3n) is 3.35. The summed E-state index contributed by atoms with van der Waals surface area (Å²) in [6, 6.07) is 12.6. The molecule has 1 unspecified atom stereocenters. The van der Waals surface area contributed by atoms with E-state index in [1.807, 2.05) is 19.2 Å². The largest absolute Gasteiger partial charge is 0.497 e. The van der Waals surface area contributed by atoms with Gasteiger partial charge in [0.1, 0.15) is 5.75 Å². The quantitative estimate of drug-likeness (QED) is 0.795. The van der Waals surface area contributed by atoms with Crippen molar-refractivity contribution in [1.29, 1.82) is 0 Å². The van der Waals surface area contributed by atoms with Crippen LogP contribution in [0.1, 0.15) is 22.7 Å². The molecule has 0 amide bonds. The highest BCUT2D eigenvalue weighted by Gasteiger charge is 2.17. The van der Waals surface area contributed by atoms with Crippen LogP contribution in [0.2, 0.25) is 0 Å². The molecule has 0 aromatic heterocycles. The first-order valence-electron chi connectivity index (χ1n) is 6.33. The standard InChI is InChI=1S/C16H17Br2NO/c1-10-8-11(17)4-6-13(10)16(19-2)14-7-5-12(20-3)9-15(14)18/h4-9,16,19H,1-3H3. The molecule has 0 saturated heterocycles. The molecule has 0 saturated carbocycles. The second kappa shape index (κ2) is 6.74. The van der Waals surface area contributed by atoms with Crippen molar-refractivity contribution in [2.75, 3.05) is 14.2 Å². The maximum absolute atomic E-state index is 5.25. The minimum atomic E-state index is 0.142. The fourth-order valence-corrected chi connectivity index (χ4v) is 3.37. The number of methoxy groups -OCH3 is 1. The van der Waals surface area contributed by atoms with E-state index >= 15 is 0 Å². The van der Waals surface area contributed by atoms with Gasteiger partial charge in [0, 0.05) is 8.95 Å². The maximum atomic E-state index is 5.25. The molecule has 2 rings (SSSR count). The van der Waals surface area contributed by atoms with Crippen LogP contribution in [0.3, 0.4) is 0 Å². The minimum absolute atomic E-state index is 0.142. The number of hydrogen-bond donors (Lipinski definition) is 1. The fourth-order valence-electron chi connectivity index (χ4n) is 2.31. The van der Waals surface area contributed by atoms with Gasteiger partial charge in [-0.1, -0.05) is 44.0 Å². The lowest BCUT2D eigenvalue weighted by Gasteiger charge is -2.21. The highest BCUT2D eigenvalue weighted by atomic mass is 79.9. The van der Waals surface area contributed by atoms with Crippen LogP contribution in [-0.4, -0.2) is 14.2 Å². The second-order valence-corrected chi connectivity index (χ2v) is 6.38. The lowest BCUT2D eigenvalue weighted by Crippen LogP contribution is -2.19. The number of nitrogens with one attached hydrogen (secondary N) is 1. The van der Waals surface area contributed by atoms with Gasteiger partial charge in [-0.25, -0.2) is 0 Å². The van der Waals surface area contributed by atoms with Gasteiger partial charge in [-0.05, 0) is 54.9 Å². The number of aryl methyl sites for hydroxylation is 1. The summed E-state index contributed by atoms with van der Waals surface area (Å²) in [5, 5.41) is 3.39. The first kappa shape index (κ1) is 15.5. The van der Waals surface area contributed by atoms with Gasteiger partial charge in [-0.2, -0.15) is 0 Å². The lowest BCUT2D eigenvalue weighted by atomic mass is 9.95. The van der Waals surface area contributed by atoms with Gasteiger partial charge in [0.2, 0.25) is 0 Å². The summed E-state index contributed by atoms with van der Waals surface area (Å²) in [5.74, 6) is 0.850. The fraction of sp³-hybridized carbons (Fsp3) is 0.250. The van der Waals surface area contributed by atoms with E-state index < -0.39 is 0 Å². The summed E-state index contributed by atoms with van der Waals surface area (Å²) in [7, 11) is 3.65. The molecule has 1 atom stereocenters. The maximum Gasteiger partial charge on any atom is 0.120 e. The molecule has 0 aliphatic heterocycles. The summed E-state index contributed by atoms with van der Waals surface area (Å²) >= 11 is 7.15. The Morgan fingerprint density at radius 3 is 2.30 bits per heavy atom. The summed E-state index contributed by atoms with van der Waals surface area (Å²) in [5.41, 5.74) is 3.71. The molecule has 0 heterocycles. The molecular formula is C16H17Br2NO. The van der Waals surface area contributed by atoms with E-state index in [2.05, 4.69) is 68.4 Å². The topological polar surface area (TPSA) is 21.3 Å². The number of hydrogen-bond acceptors (Lipinski definition) is 2. The third kappa shape index (κ3) is 3.25. The average Bonchev–Trinajstić information content (AvgIpc) is 2.43. The highest BCUT2D eigenvalue weighted by Crippen LogP contribution is 2.33. The number of rotatable bonds is 4. The van der Waals surface area contributed by atoms with Gasteiger partial charge in [-0.15, -0.1) is 0 Å². The molecule has 4 heteroatoms. The molecule has 20 heavy (non-hydrogen) atoms. The molecule has 0 radical (unpaired) electrons. The summed E-state index contributed by atoms with van der Waals surface area (Å²) in [6.07, 6.45) is 0. The summed E-state index contributed by atoms with van der Waals surface area (Å²) in [6.45, 7) is 2.13. The zero-order chi connectivity index (χ0) is 14.7. The predicted molar refractivity (Wildman–Crippen MR) is 90.5 cm³/mol. The van der Waals surface area contributed by atoms with Crippen LogP contribution in [0.15, 0.2) is 45.3 Å². The van der Waals surface area contributed by atoms with E-state index in [0.29, 0.717) is 0 Å². The van der Waals surface area contributed by atoms with Gasteiger partial charge in [0.05, 0.1) is 13.2 Å². The third-order valence-corrected chi connectivity index (χ3v) is 4.53. The van der Waals surface area contributed by atoms with Gasteiger partial charge >= 0.3 is 0 Å². The number of halogens is 2. The van der Waals surface area contributed by atoms with Crippen LogP contribution in [0.5, 0.6) is 5.75 Å². The van der Waals surface area contributed by atoms with Crippen molar-refractivity contribution < 1.29 is 4.74 Å². The molecule has 0 bridgehead atoms. The van der Waals surface area contributed by atoms with E-state index in [1.54, 1.807) is 7.11 Å². The van der Waals surface area contributed by atoms with Gasteiger partial charge in [0.25, 0.3) is 0 Å². The Bertz CT molecular complexity index is 613. The van der Waals surface area contributed by atoms with E-state index in [-0.39, 0.29) is 6.04 Å². The molecule has 2 nitrogen and oxygen atoms in total. The SMILES string of the molecule is CNC(c1ccc(Br)cc1C)c1ccc(OC)cc1Br. The number of benzene rings is 2. The molecule has 0 fully saturated rings. The normalized spacial score (nSPS) is 12.2. The van der Waals surface area contributed by atoms with Crippen LogP contribution in [-0.2, 0) is 0 Å². The Hall–Kier alpha value is -0.840. The van der Waals surface area contributed by atoms with Gasteiger partial charge in [-0.3, -0.25) is 0 Å². The molecule has 2 aromatic rings. The van der Waals surface area contributed by atoms with Crippen LogP contribution in [0, 0.1) is 6.92 Å². The molecule has 2 aromatic carbocycles. The van der Waals surface area contributed by atoms with Crippen molar-refractivity contribution in [2.24, 2.45) is 0 Å². The average molecular weight is 399 g/mol. The van der Waals surface area contributed by atoms with Crippen LogP contribution >= 0.6 is 31.9 Å². The lowest BCUT2D eigenvalue weighted by molar-refractivity contribution is 0.414. The molecular weight excluding hydrogens is 382 g/mol. The van der Waals surface area contributed by atoms with Crippen molar-refractivity contribution in [2.45, 2.75) is 13.0 Å². The number of ether oxygens (including phenoxy) is 1. The Morgan fingerprint density at radius 1 is 1.05 bits per heavy atom. The molecule has 106 valence electrons. The van der Waals surface area contributed by atoms with Crippen LogP contribution < -0.4 is 10.1 Å². The van der Waals surface area contributed by atoms with Crippen molar-refractivity contribution in [3.63, 3.8) is 0 Å². The molecule has 0 spiro atoms. The minimum Gasteiger partial charge on any atom is -0.497 e. The van der Waals surface area contributed by atoms with Crippen molar-refractivity contribution in [1.82, 2.24) is 5.32 Å². The molecule has 0 aliphatic rings. The molecule has 0 aliphatic carbocycles. The monoisotopic (exact) mass is 397 g/mol. The van der Waals surface area contributed by atoms with Crippen molar-refractivity contribution in [3.05, 3.63) is 62.0 Å². The van der Waals surface area contributed by atoms with Crippen molar-refractivity contribution in [3.8, 4) is 5.75 Å². The van der Waals surface area contributed by atoms with Gasteiger partial charge < -0.3 is 10.1 Å². The molecule has 1 N–H and O–H groups in total. The second-order valence-electron chi connectivity index (χ2n) is 4.61. The van der Waals surface area contributed by atoms with Crippen LogP contribution in [0.25, 0.3) is 0 Å². The van der Waals surface area contributed by atoms with E-state index in [0.717, 1.165) is 14.7 Å². The summed E-state index contributed by atoms with van der Waals surface area (Å²) < 4.78 is 7.39. The van der Waals surface area contributed by atoms with E-state index in [9.17, 15) is 0 Å². The van der Waals surface area contributed by atoms with E-state index in [1.165, 1.54) is 16.7 Å². The smallest absolute Gasteiger partial charge is 0.120 e. The zero-order valence-electron chi connectivity index (χ0n) is 11.7. The summed E-state index contributed by atoms with van der Waals surface area (Å²) in [4.78, 5) is 0. The van der Waals surface area contributed by atoms with E-state index in [4.69, 9.17) is 4.74 Å². The Balaban J connectivity index is 2.47. The first-order valence-corrected chi connectivity index (χ1v) is 7.92. The predicted octanol–water partition coefficient (Wildman–Crippen LogP) is 4.84. The Morgan fingerprint density at radius 2 is 1.75 bits per heavy atom. The first-order chi connectivity index (χ1) is 9.56. The Labute approximate surface area is 136 Å². The van der Waals surface area contributed by atoms with Crippen molar-refractivity contribution >= 4 is 31.9 Å². The zero-order valence-corrected chi connectivity index (χ0v) is 14.9. The van der Waals surface area contributed by atoms with Crippen LogP contribution in [0.4, 0.5) is 0 Å². The van der Waals surface area contributed by atoms with Gasteiger partial charge in [0.15, 0.2) is 0 Å². The Kier molecular flexibility index (Phi) is 5.24. The highest BCUT2D eigenvalue weighted by molar-refractivity contribution is 9.10.